The van der Waals surface area contributed by atoms with Crippen molar-refractivity contribution in [1.29, 1.82) is 0 Å². The van der Waals surface area contributed by atoms with Crippen LogP contribution >= 0.6 is 0 Å². The fourth-order valence-corrected chi connectivity index (χ4v) is 4.76. The van der Waals surface area contributed by atoms with E-state index in [2.05, 4.69) is 39.2 Å². The van der Waals surface area contributed by atoms with Crippen molar-refractivity contribution in [3.8, 4) is 0 Å². The van der Waals surface area contributed by atoms with Gasteiger partial charge in [-0.25, -0.2) is 0 Å². The molecule has 1 aromatic heterocycles. The van der Waals surface area contributed by atoms with Gasteiger partial charge in [0.15, 0.2) is 0 Å². The summed E-state index contributed by atoms with van der Waals surface area (Å²) in [5.41, 5.74) is 3.86. The molecule has 1 aromatic carbocycles. The van der Waals surface area contributed by atoms with Crippen LogP contribution in [0.2, 0.25) is 0 Å². The zero-order chi connectivity index (χ0) is 19.6. The molecule has 3 heterocycles. The van der Waals surface area contributed by atoms with Gasteiger partial charge in [-0.1, -0.05) is 35.5 Å². The van der Waals surface area contributed by atoms with E-state index >= 15 is 0 Å². The molecule has 150 valence electrons. The lowest BCUT2D eigenvalue weighted by Gasteiger charge is -2.47. The summed E-state index contributed by atoms with van der Waals surface area (Å²) in [6, 6.07) is 10.5. The van der Waals surface area contributed by atoms with E-state index in [1.165, 1.54) is 24.0 Å². The Hall–Kier alpha value is -2.14. The molecule has 0 saturated carbocycles. The fraction of sp³-hybridized carbons (Fsp3) is 0.565. The van der Waals surface area contributed by atoms with Crippen LogP contribution in [0.3, 0.4) is 0 Å². The van der Waals surface area contributed by atoms with Crippen LogP contribution in [-0.4, -0.2) is 47.0 Å². The first-order valence-electron chi connectivity index (χ1n) is 10.5. The number of hydrogen-bond donors (Lipinski definition) is 0. The summed E-state index contributed by atoms with van der Waals surface area (Å²) in [5.74, 6) is 1.27. The van der Waals surface area contributed by atoms with E-state index < -0.39 is 0 Å². The molecular weight excluding hydrogens is 350 g/mol. The van der Waals surface area contributed by atoms with Crippen LogP contribution < -0.4 is 0 Å². The Labute approximate surface area is 167 Å². The molecule has 5 heteroatoms. The number of piperidine rings is 2. The first-order valence-corrected chi connectivity index (χ1v) is 10.5. The minimum absolute atomic E-state index is 0.305. The number of likely N-dealkylation sites (tertiary alicyclic amines) is 2. The van der Waals surface area contributed by atoms with Crippen LogP contribution in [-0.2, 0) is 17.8 Å². The summed E-state index contributed by atoms with van der Waals surface area (Å²) in [7, 11) is 0. The number of nitrogens with zero attached hydrogens (tertiary/aromatic N) is 3. The van der Waals surface area contributed by atoms with Crippen LogP contribution in [0.15, 0.2) is 34.9 Å². The maximum atomic E-state index is 12.5. The minimum Gasteiger partial charge on any atom is -0.361 e. The van der Waals surface area contributed by atoms with Gasteiger partial charge in [-0.2, -0.15) is 0 Å². The van der Waals surface area contributed by atoms with Crippen molar-refractivity contribution in [2.75, 3.05) is 26.2 Å². The second-order valence-electron chi connectivity index (χ2n) is 8.63. The number of benzene rings is 1. The van der Waals surface area contributed by atoms with E-state index in [4.69, 9.17) is 4.52 Å². The van der Waals surface area contributed by atoms with Gasteiger partial charge in [-0.3, -0.25) is 9.69 Å². The summed E-state index contributed by atoms with van der Waals surface area (Å²) in [5, 5.41) is 4.08. The predicted molar refractivity (Wildman–Crippen MR) is 109 cm³/mol. The third-order valence-corrected chi connectivity index (χ3v) is 6.74. The molecular formula is C23H31N3O2. The minimum atomic E-state index is 0.305. The first-order chi connectivity index (χ1) is 13.5. The second kappa shape index (κ2) is 8.08. The van der Waals surface area contributed by atoms with Crippen LogP contribution in [0, 0.1) is 19.3 Å². The van der Waals surface area contributed by atoms with Crippen molar-refractivity contribution >= 4 is 5.91 Å². The molecule has 0 unspecified atom stereocenters. The van der Waals surface area contributed by atoms with Gasteiger partial charge < -0.3 is 9.42 Å². The number of hydrogen-bond acceptors (Lipinski definition) is 4. The molecule has 28 heavy (non-hydrogen) atoms. The van der Waals surface area contributed by atoms with Gasteiger partial charge in [0, 0.05) is 31.6 Å². The van der Waals surface area contributed by atoms with Gasteiger partial charge in [0.05, 0.1) is 5.69 Å². The number of rotatable bonds is 5. The summed E-state index contributed by atoms with van der Waals surface area (Å²) in [4.78, 5) is 17.1. The Balaban J connectivity index is 1.33. The van der Waals surface area contributed by atoms with Crippen LogP contribution in [0.4, 0.5) is 0 Å². The molecule has 2 aliphatic heterocycles. The highest BCUT2D eigenvalue weighted by molar-refractivity contribution is 5.77. The number of aryl methyl sites for hydroxylation is 2. The lowest BCUT2D eigenvalue weighted by Crippen LogP contribution is -2.51. The molecule has 2 aliphatic rings. The SMILES string of the molecule is Cc1noc(C)c1CN1CCC2(CCC(=O)N(CCc3ccccc3)C2)CC1. The summed E-state index contributed by atoms with van der Waals surface area (Å²) in [6.07, 6.45) is 5.04. The number of amides is 1. The monoisotopic (exact) mass is 381 g/mol. The first kappa shape index (κ1) is 19.2. The largest absolute Gasteiger partial charge is 0.361 e. The molecule has 5 nitrogen and oxygen atoms in total. The molecule has 4 rings (SSSR count). The van der Waals surface area contributed by atoms with Crippen molar-refractivity contribution in [2.45, 2.75) is 52.5 Å². The van der Waals surface area contributed by atoms with Crippen LogP contribution in [0.25, 0.3) is 0 Å². The van der Waals surface area contributed by atoms with Crippen molar-refractivity contribution in [3.63, 3.8) is 0 Å². The number of aromatic nitrogens is 1. The predicted octanol–water partition coefficient (Wildman–Crippen LogP) is 3.74. The lowest BCUT2D eigenvalue weighted by molar-refractivity contribution is -0.139. The Morgan fingerprint density at radius 1 is 1.11 bits per heavy atom. The van der Waals surface area contributed by atoms with Gasteiger partial charge >= 0.3 is 0 Å². The molecule has 0 N–H and O–H groups in total. The zero-order valence-corrected chi connectivity index (χ0v) is 17.1. The molecule has 1 spiro atoms. The highest BCUT2D eigenvalue weighted by Crippen LogP contribution is 2.40. The van der Waals surface area contributed by atoms with Crippen molar-refractivity contribution in [3.05, 3.63) is 52.9 Å². The van der Waals surface area contributed by atoms with Crippen molar-refractivity contribution < 1.29 is 9.32 Å². The summed E-state index contributed by atoms with van der Waals surface area (Å²) < 4.78 is 5.32. The number of carbonyl (C=O) groups is 1. The molecule has 2 fully saturated rings. The maximum Gasteiger partial charge on any atom is 0.222 e. The van der Waals surface area contributed by atoms with E-state index in [0.29, 0.717) is 17.7 Å². The average molecular weight is 382 g/mol. The second-order valence-corrected chi connectivity index (χ2v) is 8.63. The highest BCUT2D eigenvalue weighted by atomic mass is 16.5. The quantitative estimate of drug-likeness (QED) is 0.792. The Bertz CT molecular complexity index is 787. The average Bonchev–Trinajstić information content (AvgIpc) is 3.03. The molecule has 0 bridgehead atoms. The summed E-state index contributed by atoms with van der Waals surface area (Å²) >= 11 is 0. The third-order valence-electron chi connectivity index (χ3n) is 6.74. The standard InChI is InChI=1S/C23H31N3O2/c1-18-21(19(2)28-24-18)16-25-14-11-23(12-15-25)10-8-22(27)26(17-23)13-9-20-6-4-3-5-7-20/h3-7H,8-17H2,1-2H3. The van der Waals surface area contributed by atoms with Crippen LogP contribution in [0.1, 0.15) is 48.3 Å². The Morgan fingerprint density at radius 3 is 2.54 bits per heavy atom. The van der Waals surface area contributed by atoms with E-state index in [1.54, 1.807) is 0 Å². The molecule has 2 aromatic rings. The fourth-order valence-electron chi connectivity index (χ4n) is 4.76. The van der Waals surface area contributed by atoms with Crippen molar-refractivity contribution in [1.82, 2.24) is 15.0 Å². The summed E-state index contributed by atoms with van der Waals surface area (Å²) in [6.45, 7) is 8.89. The molecule has 1 amide bonds. The number of carbonyl (C=O) groups excluding carboxylic acids is 1. The Kier molecular flexibility index (Phi) is 5.54. The van der Waals surface area contributed by atoms with Crippen molar-refractivity contribution in [2.24, 2.45) is 5.41 Å². The molecule has 0 atom stereocenters. The Morgan fingerprint density at radius 2 is 1.86 bits per heavy atom. The molecule has 0 aliphatic carbocycles. The van der Waals surface area contributed by atoms with Gasteiger partial charge in [0.2, 0.25) is 5.91 Å². The van der Waals surface area contributed by atoms with E-state index in [-0.39, 0.29) is 0 Å². The molecule has 0 radical (unpaired) electrons. The van der Waals surface area contributed by atoms with E-state index in [9.17, 15) is 4.79 Å². The third kappa shape index (κ3) is 4.14. The topological polar surface area (TPSA) is 49.6 Å². The zero-order valence-electron chi connectivity index (χ0n) is 17.1. The molecule has 2 saturated heterocycles. The van der Waals surface area contributed by atoms with Gasteiger partial charge in [0.25, 0.3) is 0 Å². The van der Waals surface area contributed by atoms with Crippen LogP contribution in [0.5, 0.6) is 0 Å². The lowest BCUT2D eigenvalue weighted by atomic mass is 9.72. The highest BCUT2D eigenvalue weighted by Gasteiger charge is 2.40. The normalized spacial score (nSPS) is 20.1. The van der Waals surface area contributed by atoms with E-state index in [0.717, 1.165) is 57.0 Å². The van der Waals surface area contributed by atoms with E-state index in [1.807, 2.05) is 19.9 Å². The van der Waals surface area contributed by atoms with Gasteiger partial charge in [0.1, 0.15) is 5.76 Å². The smallest absolute Gasteiger partial charge is 0.222 e. The van der Waals surface area contributed by atoms with Gasteiger partial charge in [-0.15, -0.1) is 0 Å². The van der Waals surface area contributed by atoms with Gasteiger partial charge in [-0.05, 0) is 63.6 Å². The maximum absolute atomic E-state index is 12.5.